The third kappa shape index (κ3) is 4.40. The summed E-state index contributed by atoms with van der Waals surface area (Å²) in [5, 5.41) is 0. The zero-order valence-electron chi connectivity index (χ0n) is 7.06. The van der Waals surface area contributed by atoms with Crippen molar-refractivity contribution in [1.82, 2.24) is 4.90 Å². The highest BCUT2D eigenvalue weighted by molar-refractivity contribution is 4.87. The van der Waals surface area contributed by atoms with Gasteiger partial charge in [0.25, 0.3) is 0 Å². The van der Waals surface area contributed by atoms with Crippen LogP contribution in [0.5, 0.6) is 0 Å². The van der Waals surface area contributed by atoms with Crippen molar-refractivity contribution in [2.45, 2.75) is 26.7 Å². The Balaban J connectivity index is 3.42. The third-order valence-corrected chi connectivity index (χ3v) is 1.39. The molecule has 10 heavy (non-hydrogen) atoms. The molecule has 0 unspecified atom stereocenters. The minimum absolute atomic E-state index is 0.807. The Morgan fingerprint density at radius 1 is 1.20 bits per heavy atom. The van der Waals surface area contributed by atoms with Crippen LogP contribution in [0.15, 0.2) is 0 Å². The van der Waals surface area contributed by atoms with Crippen LogP contribution in [0.3, 0.4) is 0 Å². The van der Waals surface area contributed by atoms with Crippen molar-refractivity contribution in [2.24, 2.45) is 0 Å². The molecule has 0 bridgehead atoms. The van der Waals surface area contributed by atoms with Crippen molar-refractivity contribution in [3.8, 4) is 12.3 Å². The highest BCUT2D eigenvalue weighted by Gasteiger charge is 1.97. The van der Waals surface area contributed by atoms with Crippen LogP contribution in [0.25, 0.3) is 0 Å². The van der Waals surface area contributed by atoms with Crippen LogP contribution < -0.4 is 0 Å². The fraction of sp³-hybridized carbons (Fsp3) is 0.778. The fourth-order valence-electron chi connectivity index (χ4n) is 1.03. The predicted octanol–water partition coefficient (Wildman–Crippen LogP) is 1.74. The molecule has 0 saturated carbocycles. The van der Waals surface area contributed by atoms with Crippen LogP contribution in [0.1, 0.15) is 26.7 Å². The number of hydrogen-bond donors (Lipinski definition) is 0. The van der Waals surface area contributed by atoms with Crippen LogP contribution in [0.2, 0.25) is 0 Å². The summed E-state index contributed by atoms with van der Waals surface area (Å²) in [6.07, 6.45) is 7.59. The summed E-state index contributed by atoms with van der Waals surface area (Å²) in [5.41, 5.74) is 0. The standard InChI is InChI=1S/C9H17N/c1-4-7-10(8-5-2)9-6-3/h1H,5-9H2,2-3H3. The average molecular weight is 139 g/mol. The molecule has 0 aliphatic carbocycles. The highest BCUT2D eigenvalue weighted by atomic mass is 15.1. The molecule has 0 aliphatic rings. The van der Waals surface area contributed by atoms with Crippen molar-refractivity contribution in [3.63, 3.8) is 0 Å². The first kappa shape index (κ1) is 9.52. The summed E-state index contributed by atoms with van der Waals surface area (Å²) < 4.78 is 0. The lowest BCUT2D eigenvalue weighted by atomic mass is 10.3. The van der Waals surface area contributed by atoms with Gasteiger partial charge in [-0.3, -0.25) is 4.90 Å². The molecule has 0 spiro atoms. The number of rotatable bonds is 5. The zero-order valence-corrected chi connectivity index (χ0v) is 7.06. The minimum atomic E-state index is 0.807. The van der Waals surface area contributed by atoms with Gasteiger partial charge in [0.05, 0.1) is 6.54 Å². The average Bonchev–Trinajstić information content (AvgIpc) is 1.90. The van der Waals surface area contributed by atoms with Gasteiger partial charge in [-0.05, 0) is 25.9 Å². The van der Waals surface area contributed by atoms with Crippen molar-refractivity contribution >= 4 is 0 Å². The molecule has 0 rings (SSSR count). The first-order valence-corrected chi connectivity index (χ1v) is 4.01. The molecule has 58 valence electrons. The fourth-order valence-corrected chi connectivity index (χ4v) is 1.03. The van der Waals surface area contributed by atoms with E-state index >= 15 is 0 Å². The maximum atomic E-state index is 5.20. The third-order valence-electron chi connectivity index (χ3n) is 1.39. The Labute approximate surface area is 64.4 Å². The van der Waals surface area contributed by atoms with E-state index in [1.807, 2.05) is 0 Å². The van der Waals surface area contributed by atoms with Gasteiger partial charge in [0, 0.05) is 0 Å². The normalized spacial score (nSPS) is 9.80. The second-order valence-electron chi connectivity index (χ2n) is 2.48. The molecular weight excluding hydrogens is 122 g/mol. The smallest absolute Gasteiger partial charge is 0.0598 e. The van der Waals surface area contributed by atoms with Gasteiger partial charge < -0.3 is 0 Å². The van der Waals surface area contributed by atoms with Crippen molar-refractivity contribution < 1.29 is 0 Å². The van der Waals surface area contributed by atoms with E-state index in [-0.39, 0.29) is 0 Å². The molecule has 0 N–H and O–H groups in total. The summed E-state index contributed by atoms with van der Waals surface area (Å²) >= 11 is 0. The van der Waals surface area contributed by atoms with E-state index in [1.165, 1.54) is 12.8 Å². The summed E-state index contributed by atoms with van der Waals surface area (Å²) in [6.45, 7) is 7.44. The lowest BCUT2D eigenvalue weighted by molar-refractivity contribution is 0.308. The lowest BCUT2D eigenvalue weighted by Gasteiger charge is -2.16. The minimum Gasteiger partial charge on any atom is -0.292 e. The molecule has 0 atom stereocenters. The molecule has 0 aromatic heterocycles. The first-order chi connectivity index (χ1) is 4.85. The molecule has 0 aromatic rings. The Morgan fingerprint density at radius 3 is 2.00 bits per heavy atom. The largest absolute Gasteiger partial charge is 0.292 e. The van der Waals surface area contributed by atoms with Crippen molar-refractivity contribution in [2.75, 3.05) is 19.6 Å². The Morgan fingerprint density at radius 2 is 1.70 bits per heavy atom. The SMILES string of the molecule is C#CCN(CCC)CCC. The van der Waals surface area contributed by atoms with Crippen LogP contribution in [0.4, 0.5) is 0 Å². The van der Waals surface area contributed by atoms with Gasteiger partial charge in [-0.2, -0.15) is 0 Å². The number of terminal acetylenes is 1. The van der Waals surface area contributed by atoms with E-state index in [0.717, 1.165) is 19.6 Å². The van der Waals surface area contributed by atoms with E-state index in [1.54, 1.807) is 0 Å². The van der Waals surface area contributed by atoms with Gasteiger partial charge >= 0.3 is 0 Å². The van der Waals surface area contributed by atoms with E-state index in [0.29, 0.717) is 0 Å². The molecular formula is C9H17N. The monoisotopic (exact) mass is 139 g/mol. The quantitative estimate of drug-likeness (QED) is 0.524. The second kappa shape index (κ2) is 6.64. The highest BCUT2D eigenvalue weighted by Crippen LogP contribution is 1.91. The van der Waals surface area contributed by atoms with Gasteiger partial charge in [0.15, 0.2) is 0 Å². The van der Waals surface area contributed by atoms with E-state index < -0.39 is 0 Å². The Kier molecular flexibility index (Phi) is 6.32. The topological polar surface area (TPSA) is 3.24 Å². The molecule has 0 saturated heterocycles. The Hall–Kier alpha value is -0.480. The maximum Gasteiger partial charge on any atom is 0.0598 e. The van der Waals surface area contributed by atoms with Crippen molar-refractivity contribution in [1.29, 1.82) is 0 Å². The van der Waals surface area contributed by atoms with E-state index in [2.05, 4.69) is 24.7 Å². The van der Waals surface area contributed by atoms with Gasteiger partial charge in [0.2, 0.25) is 0 Å². The molecule has 0 radical (unpaired) electrons. The van der Waals surface area contributed by atoms with E-state index in [9.17, 15) is 0 Å². The first-order valence-electron chi connectivity index (χ1n) is 4.01. The summed E-state index contributed by atoms with van der Waals surface area (Å²) in [5.74, 6) is 2.66. The summed E-state index contributed by atoms with van der Waals surface area (Å²) in [4.78, 5) is 2.31. The van der Waals surface area contributed by atoms with Gasteiger partial charge in [0.1, 0.15) is 0 Å². The summed E-state index contributed by atoms with van der Waals surface area (Å²) in [6, 6.07) is 0. The second-order valence-corrected chi connectivity index (χ2v) is 2.48. The van der Waals surface area contributed by atoms with Gasteiger partial charge in [-0.25, -0.2) is 0 Å². The molecule has 0 aromatic carbocycles. The van der Waals surface area contributed by atoms with Crippen molar-refractivity contribution in [3.05, 3.63) is 0 Å². The van der Waals surface area contributed by atoms with Gasteiger partial charge in [-0.15, -0.1) is 6.42 Å². The lowest BCUT2D eigenvalue weighted by Crippen LogP contribution is -2.25. The predicted molar refractivity (Wildman–Crippen MR) is 45.9 cm³/mol. The molecule has 0 aliphatic heterocycles. The van der Waals surface area contributed by atoms with Crippen LogP contribution >= 0.6 is 0 Å². The Bertz CT molecular complexity index is 95.8. The van der Waals surface area contributed by atoms with Crippen LogP contribution in [-0.4, -0.2) is 24.5 Å². The number of hydrogen-bond acceptors (Lipinski definition) is 1. The zero-order chi connectivity index (χ0) is 7.82. The van der Waals surface area contributed by atoms with Crippen LogP contribution in [-0.2, 0) is 0 Å². The number of nitrogens with zero attached hydrogens (tertiary/aromatic N) is 1. The molecule has 0 heterocycles. The maximum absolute atomic E-state index is 5.20. The van der Waals surface area contributed by atoms with Crippen LogP contribution in [0, 0.1) is 12.3 Å². The molecule has 1 heteroatoms. The molecule has 1 nitrogen and oxygen atoms in total. The summed E-state index contributed by atoms with van der Waals surface area (Å²) in [7, 11) is 0. The molecule has 0 fully saturated rings. The van der Waals surface area contributed by atoms with E-state index in [4.69, 9.17) is 6.42 Å². The van der Waals surface area contributed by atoms with Gasteiger partial charge in [-0.1, -0.05) is 19.8 Å². The molecule has 0 amide bonds.